The van der Waals surface area contributed by atoms with Crippen molar-refractivity contribution in [2.45, 2.75) is 73.1 Å². The molecule has 0 heterocycles. The molecule has 0 aromatic rings. The highest BCUT2D eigenvalue weighted by molar-refractivity contribution is 4.93. The zero-order valence-electron chi connectivity index (χ0n) is 13.6. The molecule has 0 aromatic carbocycles. The van der Waals surface area contributed by atoms with Gasteiger partial charge in [0.25, 0.3) is 0 Å². The lowest BCUT2D eigenvalue weighted by Crippen LogP contribution is -2.43. The molecule has 0 radical (unpaired) electrons. The highest BCUT2D eigenvalue weighted by Crippen LogP contribution is 2.50. The maximum Gasteiger partial charge on any atom is 0.000746 e. The minimum absolute atomic E-state index is 0.500. The number of hydrogen-bond donors (Lipinski definition) is 1. The maximum absolute atomic E-state index is 3.48. The summed E-state index contributed by atoms with van der Waals surface area (Å²) >= 11 is 0. The molecular formula is C17H35N. The summed E-state index contributed by atoms with van der Waals surface area (Å²) in [5.74, 6) is 1.84. The average Bonchev–Trinajstić information content (AvgIpc) is 2.30. The molecular weight excluding hydrogens is 218 g/mol. The first-order valence-corrected chi connectivity index (χ1v) is 8.04. The number of nitrogens with one attached hydrogen (secondary N) is 1. The third kappa shape index (κ3) is 3.50. The van der Waals surface area contributed by atoms with Crippen molar-refractivity contribution in [2.75, 3.05) is 13.6 Å². The molecule has 1 N–H and O–H groups in total. The summed E-state index contributed by atoms with van der Waals surface area (Å²) in [4.78, 5) is 0. The van der Waals surface area contributed by atoms with Crippen LogP contribution in [0.15, 0.2) is 0 Å². The van der Waals surface area contributed by atoms with Gasteiger partial charge in [0.2, 0.25) is 0 Å². The van der Waals surface area contributed by atoms with E-state index in [1.54, 1.807) is 0 Å². The van der Waals surface area contributed by atoms with Crippen LogP contribution >= 0.6 is 0 Å². The van der Waals surface area contributed by atoms with E-state index < -0.39 is 0 Å². The van der Waals surface area contributed by atoms with Crippen LogP contribution in [0.25, 0.3) is 0 Å². The van der Waals surface area contributed by atoms with Gasteiger partial charge in [0.1, 0.15) is 0 Å². The van der Waals surface area contributed by atoms with Crippen LogP contribution in [0.1, 0.15) is 73.1 Å². The molecule has 1 aliphatic carbocycles. The second kappa shape index (κ2) is 6.41. The van der Waals surface area contributed by atoms with Gasteiger partial charge >= 0.3 is 0 Å². The van der Waals surface area contributed by atoms with Crippen LogP contribution < -0.4 is 5.32 Å². The fourth-order valence-corrected chi connectivity index (χ4v) is 4.29. The SMILES string of the molecule is CCC(CC)C1(CNC)CCC(C(C)(C)C)CC1. The lowest BCUT2D eigenvalue weighted by Gasteiger charge is -2.48. The topological polar surface area (TPSA) is 12.0 Å². The van der Waals surface area contributed by atoms with Crippen molar-refractivity contribution >= 4 is 0 Å². The molecule has 0 bridgehead atoms. The van der Waals surface area contributed by atoms with Gasteiger partial charge in [-0.2, -0.15) is 0 Å². The van der Waals surface area contributed by atoms with Gasteiger partial charge in [0, 0.05) is 6.54 Å². The fraction of sp³-hybridized carbons (Fsp3) is 1.00. The summed E-state index contributed by atoms with van der Waals surface area (Å²) in [6, 6.07) is 0. The molecule has 1 aliphatic rings. The van der Waals surface area contributed by atoms with Gasteiger partial charge in [0.05, 0.1) is 0 Å². The van der Waals surface area contributed by atoms with Crippen LogP contribution in [0.2, 0.25) is 0 Å². The molecule has 0 saturated heterocycles. The molecule has 1 rings (SSSR count). The van der Waals surface area contributed by atoms with Crippen molar-refractivity contribution in [2.24, 2.45) is 22.7 Å². The number of hydrogen-bond acceptors (Lipinski definition) is 1. The molecule has 108 valence electrons. The second-order valence-corrected chi connectivity index (χ2v) is 7.55. The molecule has 0 aromatic heterocycles. The summed E-state index contributed by atoms with van der Waals surface area (Å²) in [7, 11) is 2.12. The molecule has 0 spiro atoms. The highest BCUT2D eigenvalue weighted by atomic mass is 14.8. The normalized spacial score (nSPS) is 29.8. The van der Waals surface area contributed by atoms with Crippen molar-refractivity contribution < 1.29 is 0 Å². The Morgan fingerprint density at radius 3 is 1.94 bits per heavy atom. The Morgan fingerprint density at radius 1 is 1.11 bits per heavy atom. The van der Waals surface area contributed by atoms with E-state index in [0.29, 0.717) is 10.8 Å². The summed E-state index contributed by atoms with van der Waals surface area (Å²) in [6.45, 7) is 13.2. The summed E-state index contributed by atoms with van der Waals surface area (Å²) in [5.41, 5.74) is 1.08. The van der Waals surface area contributed by atoms with E-state index in [-0.39, 0.29) is 0 Å². The van der Waals surface area contributed by atoms with Crippen LogP contribution in [-0.2, 0) is 0 Å². The molecule has 1 saturated carbocycles. The Kier molecular flexibility index (Phi) is 5.70. The van der Waals surface area contributed by atoms with Gasteiger partial charge in [-0.3, -0.25) is 0 Å². The molecule has 18 heavy (non-hydrogen) atoms. The molecule has 1 heteroatoms. The van der Waals surface area contributed by atoms with E-state index in [4.69, 9.17) is 0 Å². The van der Waals surface area contributed by atoms with Gasteiger partial charge in [-0.1, -0.05) is 47.5 Å². The molecule has 1 nitrogen and oxygen atoms in total. The quantitative estimate of drug-likeness (QED) is 0.737. The van der Waals surface area contributed by atoms with Crippen molar-refractivity contribution in [3.63, 3.8) is 0 Å². The summed E-state index contributed by atoms with van der Waals surface area (Å²) < 4.78 is 0. The Bertz CT molecular complexity index is 226. The second-order valence-electron chi connectivity index (χ2n) is 7.55. The average molecular weight is 253 g/mol. The highest BCUT2D eigenvalue weighted by Gasteiger charge is 2.41. The monoisotopic (exact) mass is 253 g/mol. The van der Waals surface area contributed by atoms with Gasteiger partial charge in [-0.25, -0.2) is 0 Å². The van der Waals surface area contributed by atoms with Gasteiger partial charge < -0.3 is 5.32 Å². The minimum Gasteiger partial charge on any atom is -0.319 e. The van der Waals surface area contributed by atoms with E-state index in [1.807, 2.05) is 0 Å². The Hall–Kier alpha value is -0.0400. The smallest absolute Gasteiger partial charge is 0.000746 e. The first-order valence-electron chi connectivity index (χ1n) is 8.04. The predicted octanol–water partition coefficient (Wildman–Crippen LogP) is 4.86. The van der Waals surface area contributed by atoms with Crippen LogP contribution in [0.3, 0.4) is 0 Å². The first-order chi connectivity index (χ1) is 8.39. The minimum atomic E-state index is 0.500. The van der Waals surface area contributed by atoms with E-state index in [2.05, 4.69) is 47.0 Å². The van der Waals surface area contributed by atoms with Crippen molar-refractivity contribution in [1.29, 1.82) is 0 Å². The van der Waals surface area contributed by atoms with Crippen molar-refractivity contribution in [1.82, 2.24) is 5.32 Å². The van der Waals surface area contributed by atoms with Crippen molar-refractivity contribution in [3.8, 4) is 0 Å². The standard InChI is InChI=1S/C17H35N/c1-7-14(8-2)17(13-18-6)11-9-15(10-12-17)16(3,4)5/h14-15,18H,7-13H2,1-6H3. The molecule has 0 unspecified atom stereocenters. The van der Waals surface area contributed by atoms with E-state index in [0.717, 1.165) is 11.8 Å². The molecule has 0 aliphatic heterocycles. The van der Waals surface area contributed by atoms with E-state index in [9.17, 15) is 0 Å². The van der Waals surface area contributed by atoms with Crippen LogP contribution in [0.4, 0.5) is 0 Å². The van der Waals surface area contributed by atoms with Gasteiger partial charge in [0.15, 0.2) is 0 Å². The summed E-state index contributed by atoms with van der Waals surface area (Å²) in [6.07, 6.45) is 8.42. The maximum atomic E-state index is 3.48. The predicted molar refractivity (Wildman–Crippen MR) is 81.8 cm³/mol. The summed E-state index contributed by atoms with van der Waals surface area (Å²) in [5, 5.41) is 3.48. The van der Waals surface area contributed by atoms with Gasteiger partial charge in [-0.15, -0.1) is 0 Å². The van der Waals surface area contributed by atoms with Gasteiger partial charge in [-0.05, 0) is 55.4 Å². The number of rotatable bonds is 5. The van der Waals surface area contributed by atoms with Crippen LogP contribution in [-0.4, -0.2) is 13.6 Å². The third-order valence-electron chi connectivity index (χ3n) is 5.59. The van der Waals surface area contributed by atoms with Crippen LogP contribution in [0.5, 0.6) is 0 Å². The van der Waals surface area contributed by atoms with Crippen molar-refractivity contribution in [3.05, 3.63) is 0 Å². The molecule has 0 amide bonds. The first kappa shape index (κ1) is 16.0. The fourth-order valence-electron chi connectivity index (χ4n) is 4.29. The van der Waals surface area contributed by atoms with E-state index in [1.165, 1.54) is 45.1 Å². The Morgan fingerprint density at radius 2 is 1.61 bits per heavy atom. The van der Waals surface area contributed by atoms with E-state index >= 15 is 0 Å². The Balaban J connectivity index is 2.73. The third-order valence-corrected chi connectivity index (χ3v) is 5.59. The van der Waals surface area contributed by atoms with Crippen LogP contribution in [0, 0.1) is 22.7 Å². The molecule has 1 fully saturated rings. The molecule has 0 atom stereocenters. The Labute approximate surface area is 115 Å². The zero-order chi connectivity index (χ0) is 13.8. The zero-order valence-corrected chi connectivity index (χ0v) is 13.6. The lowest BCUT2D eigenvalue weighted by atomic mass is 9.58. The lowest BCUT2D eigenvalue weighted by molar-refractivity contribution is 0.0363. The largest absolute Gasteiger partial charge is 0.319 e.